The summed E-state index contributed by atoms with van der Waals surface area (Å²) in [6, 6.07) is 6.10. The zero-order valence-corrected chi connectivity index (χ0v) is 13.9. The maximum absolute atomic E-state index is 13.2. The van der Waals surface area contributed by atoms with E-state index in [9.17, 15) is 9.18 Å². The molecule has 3 nitrogen and oxygen atoms in total. The molecule has 6 heteroatoms. The van der Waals surface area contributed by atoms with Crippen molar-refractivity contribution in [3.63, 3.8) is 0 Å². The van der Waals surface area contributed by atoms with Crippen LogP contribution in [0.5, 0.6) is 0 Å². The Kier molecular flexibility index (Phi) is 4.78. The lowest BCUT2D eigenvalue weighted by Gasteiger charge is -2.24. The zero-order valence-electron chi connectivity index (χ0n) is 12.3. The minimum atomic E-state index is -0.295. The molecule has 0 radical (unpaired) electrons. The number of nitrogens with zero attached hydrogens (tertiary/aromatic N) is 2. The molecule has 1 amide bonds. The van der Waals surface area contributed by atoms with E-state index in [1.54, 1.807) is 40.1 Å². The summed E-state index contributed by atoms with van der Waals surface area (Å²) in [5.74, 6) is 0.833. The average molecular weight is 336 g/mol. The number of aromatic nitrogens is 1. The van der Waals surface area contributed by atoms with Gasteiger partial charge in [0.05, 0.1) is 22.5 Å². The van der Waals surface area contributed by atoms with Crippen molar-refractivity contribution < 1.29 is 9.18 Å². The Morgan fingerprint density at radius 2 is 2.18 bits per heavy atom. The molecular formula is C16H17FN2OS2. The van der Waals surface area contributed by atoms with E-state index in [0.717, 1.165) is 35.0 Å². The third kappa shape index (κ3) is 3.50. The van der Waals surface area contributed by atoms with Crippen LogP contribution >= 0.6 is 23.1 Å². The lowest BCUT2D eigenvalue weighted by Crippen LogP contribution is -2.36. The number of hydrogen-bond acceptors (Lipinski definition) is 4. The number of hydrogen-bond donors (Lipinski definition) is 0. The maximum atomic E-state index is 13.2. The van der Waals surface area contributed by atoms with Gasteiger partial charge < -0.3 is 4.90 Å². The Balaban J connectivity index is 1.86. The summed E-state index contributed by atoms with van der Waals surface area (Å²) in [4.78, 5) is 19.0. The summed E-state index contributed by atoms with van der Waals surface area (Å²) >= 11 is 3.28. The van der Waals surface area contributed by atoms with Gasteiger partial charge in [0.25, 0.3) is 0 Å². The molecule has 1 atom stereocenters. The van der Waals surface area contributed by atoms with Crippen LogP contribution in [-0.2, 0) is 11.3 Å². The molecule has 1 aromatic heterocycles. The molecule has 1 aromatic carbocycles. The van der Waals surface area contributed by atoms with E-state index in [4.69, 9.17) is 0 Å². The van der Waals surface area contributed by atoms with Crippen LogP contribution in [0.15, 0.2) is 29.6 Å². The fraction of sp³-hybridized carbons (Fsp3) is 0.375. The van der Waals surface area contributed by atoms with E-state index in [2.05, 4.69) is 4.98 Å². The minimum absolute atomic E-state index is 0.00443. The van der Waals surface area contributed by atoms with Crippen LogP contribution in [0.1, 0.15) is 23.5 Å². The third-order valence-electron chi connectivity index (χ3n) is 3.60. The molecule has 116 valence electrons. The van der Waals surface area contributed by atoms with E-state index in [1.165, 1.54) is 12.1 Å². The summed E-state index contributed by atoms with van der Waals surface area (Å²) in [5.41, 5.74) is 1.60. The molecule has 2 heterocycles. The third-order valence-corrected chi connectivity index (χ3v) is 5.78. The highest BCUT2D eigenvalue weighted by atomic mass is 32.2. The van der Waals surface area contributed by atoms with Gasteiger partial charge in [0.15, 0.2) is 0 Å². The highest BCUT2D eigenvalue weighted by Crippen LogP contribution is 2.30. The van der Waals surface area contributed by atoms with Crippen LogP contribution in [-0.4, -0.2) is 21.9 Å². The number of thiazole rings is 1. The van der Waals surface area contributed by atoms with Gasteiger partial charge in [0.2, 0.25) is 5.91 Å². The second kappa shape index (κ2) is 6.79. The first-order valence-corrected chi connectivity index (χ1v) is 9.16. The second-order valence-electron chi connectivity index (χ2n) is 5.26. The molecule has 2 aromatic rings. The predicted octanol–water partition coefficient (Wildman–Crippen LogP) is 4.02. The molecule has 0 unspecified atom stereocenters. The van der Waals surface area contributed by atoms with E-state index in [0.29, 0.717) is 6.54 Å². The fourth-order valence-corrected chi connectivity index (χ4v) is 4.33. The average Bonchev–Trinajstić information content (AvgIpc) is 3.17. The monoisotopic (exact) mass is 336 g/mol. The maximum Gasteiger partial charge on any atom is 0.240 e. The van der Waals surface area contributed by atoms with E-state index >= 15 is 0 Å². The van der Waals surface area contributed by atoms with E-state index in [-0.39, 0.29) is 17.0 Å². The van der Waals surface area contributed by atoms with Crippen LogP contribution in [0.4, 0.5) is 10.1 Å². The highest BCUT2D eigenvalue weighted by molar-refractivity contribution is 8.00. The summed E-state index contributed by atoms with van der Waals surface area (Å²) in [6.45, 7) is 2.39. The number of amides is 1. The predicted molar refractivity (Wildman–Crippen MR) is 89.9 cm³/mol. The number of carbonyl (C=O) groups is 1. The number of halogens is 1. The van der Waals surface area contributed by atoms with Gasteiger partial charge in [0, 0.05) is 11.1 Å². The van der Waals surface area contributed by atoms with Crippen molar-refractivity contribution in [2.45, 2.75) is 31.6 Å². The highest BCUT2D eigenvalue weighted by Gasteiger charge is 2.29. The van der Waals surface area contributed by atoms with Crippen LogP contribution < -0.4 is 4.90 Å². The van der Waals surface area contributed by atoms with Gasteiger partial charge in [-0.1, -0.05) is 0 Å². The van der Waals surface area contributed by atoms with Crippen LogP contribution in [0.25, 0.3) is 0 Å². The molecule has 1 fully saturated rings. The normalized spacial score (nSPS) is 17.6. The van der Waals surface area contributed by atoms with Crippen molar-refractivity contribution >= 4 is 34.7 Å². The molecule has 0 spiro atoms. The Morgan fingerprint density at radius 1 is 1.41 bits per heavy atom. The lowest BCUT2D eigenvalue weighted by atomic mass is 10.2. The van der Waals surface area contributed by atoms with E-state index in [1.807, 2.05) is 12.3 Å². The number of thioether (sulfide) groups is 1. The van der Waals surface area contributed by atoms with Crippen molar-refractivity contribution in [1.82, 2.24) is 4.98 Å². The van der Waals surface area contributed by atoms with E-state index < -0.39 is 0 Å². The molecular weight excluding hydrogens is 319 g/mol. The molecule has 1 aliphatic rings. The van der Waals surface area contributed by atoms with Crippen LogP contribution in [0.3, 0.4) is 0 Å². The standard InChI is InChI=1S/C16H17FN2OS2/c1-11-18-13(10-22-11)9-19(14-6-4-12(17)5-7-14)16(20)15-3-2-8-21-15/h4-7,10,15H,2-3,8-9H2,1H3/t15-/m0/s1. The first kappa shape index (κ1) is 15.5. The quantitative estimate of drug-likeness (QED) is 0.845. The van der Waals surface area contributed by atoms with Gasteiger partial charge in [0.1, 0.15) is 5.82 Å². The molecule has 0 saturated carbocycles. The summed E-state index contributed by atoms with van der Waals surface area (Å²) in [5, 5.41) is 2.96. The van der Waals surface area contributed by atoms with Crippen molar-refractivity contribution in [2.75, 3.05) is 10.7 Å². The first-order valence-electron chi connectivity index (χ1n) is 7.23. The minimum Gasteiger partial charge on any atom is -0.305 e. The van der Waals surface area contributed by atoms with Gasteiger partial charge >= 0.3 is 0 Å². The number of rotatable bonds is 4. The number of carbonyl (C=O) groups excluding carboxylic acids is 1. The van der Waals surface area contributed by atoms with Crippen LogP contribution in [0.2, 0.25) is 0 Å². The number of aryl methyl sites for hydroxylation is 1. The largest absolute Gasteiger partial charge is 0.305 e. The lowest BCUT2D eigenvalue weighted by molar-refractivity contribution is -0.118. The zero-order chi connectivity index (χ0) is 15.5. The molecule has 1 saturated heterocycles. The Morgan fingerprint density at radius 3 is 2.77 bits per heavy atom. The molecule has 1 aliphatic heterocycles. The Bertz CT molecular complexity index is 650. The number of benzene rings is 1. The van der Waals surface area contributed by atoms with Crippen molar-refractivity contribution in [1.29, 1.82) is 0 Å². The second-order valence-corrected chi connectivity index (χ2v) is 7.63. The van der Waals surface area contributed by atoms with Gasteiger partial charge in [-0.05, 0) is 49.8 Å². The van der Waals surface area contributed by atoms with Crippen molar-refractivity contribution in [3.05, 3.63) is 46.2 Å². The van der Waals surface area contributed by atoms with Gasteiger partial charge in [-0.3, -0.25) is 4.79 Å². The van der Waals surface area contributed by atoms with Gasteiger partial charge in [-0.15, -0.1) is 23.1 Å². The smallest absolute Gasteiger partial charge is 0.240 e. The topological polar surface area (TPSA) is 33.2 Å². The first-order chi connectivity index (χ1) is 10.6. The van der Waals surface area contributed by atoms with Gasteiger partial charge in [-0.25, -0.2) is 9.37 Å². The molecule has 0 N–H and O–H groups in total. The summed E-state index contributed by atoms with van der Waals surface area (Å²) < 4.78 is 13.2. The Labute approximate surface area is 137 Å². The van der Waals surface area contributed by atoms with Gasteiger partial charge in [-0.2, -0.15) is 0 Å². The molecule has 0 aliphatic carbocycles. The molecule has 22 heavy (non-hydrogen) atoms. The van der Waals surface area contributed by atoms with Crippen LogP contribution in [0, 0.1) is 12.7 Å². The summed E-state index contributed by atoms with van der Waals surface area (Å²) in [6.07, 6.45) is 1.99. The SMILES string of the molecule is Cc1nc(CN(C(=O)[C@@H]2CCCS2)c2ccc(F)cc2)cs1. The van der Waals surface area contributed by atoms with Crippen molar-refractivity contribution in [2.24, 2.45) is 0 Å². The summed E-state index contributed by atoms with van der Waals surface area (Å²) in [7, 11) is 0. The van der Waals surface area contributed by atoms with Crippen molar-refractivity contribution in [3.8, 4) is 0 Å². The Hall–Kier alpha value is -1.40. The fourth-order valence-electron chi connectivity index (χ4n) is 2.51. The molecule has 3 rings (SSSR count). The number of anilines is 1. The molecule has 0 bridgehead atoms.